The fourth-order valence-corrected chi connectivity index (χ4v) is 1.60. The van der Waals surface area contributed by atoms with Crippen LogP contribution in [0, 0.1) is 6.92 Å². The van der Waals surface area contributed by atoms with E-state index in [2.05, 4.69) is 8.51 Å². The summed E-state index contributed by atoms with van der Waals surface area (Å²) in [6.07, 6.45) is 1.69. The molecule has 1 amide bonds. The topological polar surface area (TPSA) is 42.0 Å². The summed E-state index contributed by atoms with van der Waals surface area (Å²) in [5, 5.41) is 0.520. The molecule has 0 saturated carbocycles. The van der Waals surface area contributed by atoms with E-state index in [0.29, 0.717) is 5.01 Å². The van der Waals surface area contributed by atoms with Gasteiger partial charge < -0.3 is 0 Å². The van der Waals surface area contributed by atoms with Gasteiger partial charge in [-0.2, -0.15) is 0 Å². The molecule has 5 heteroatoms. The van der Waals surface area contributed by atoms with Crippen LogP contribution in [-0.2, 0) is 0 Å². The first kappa shape index (κ1) is 7.93. The maximum Gasteiger partial charge on any atom is 0.288 e. The SMILES string of the molecule is Cc1cnc(C(=O)NI)s1. The second kappa shape index (κ2) is 3.29. The summed E-state index contributed by atoms with van der Waals surface area (Å²) in [7, 11) is 0. The van der Waals surface area contributed by atoms with E-state index in [1.165, 1.54) is 11.3 Å². The van der Waals surface area contributed by atoms with Crippen LogP contribution in [0.3, 0.4) is 0 Å². The molecule has 0 radical (unpaired) electrons. The molecule has 1 aromatic rings. The fourth-order valence-electron chi connectivity index (χ4n) is 0.500. The Balaban J connectivity index is 2.85. The van der Waals surface area contributed by atoms with Gasteiger partial charge >= 0.3 is 0 Å². The molecule has 1 N–H and O–H groups in total. The monoisotopic (exact) mass is 268 g/mol. The van der Waals surface area contributed by atoms with E-state index in [0.717, 1.165) is 4.88 Å². The number of nitrogens with one attached hydrogen (secondary N) is 1. The first-order chi connectivity index (χ1) is 4.74. The molecule has 0 unspecified atom stereocenters. The van der Waals surface area contributed by atoms with Gasteiger partial charge in [0.25, 0.3) is 5.91 Å². The molecular formula is C5H5IN2OS. The zero-order valence-electron chi connectivity index (χ0n) is 5.22. The molecule has 0 bridgehead atoms. The fraction of sp³-hybridized carbons (Fsp3) is 0.200. The molecule has 0 saturated heterocycles. The third-order valence-electron chi connectivity index (χ3n) is 0.901. The lowest BCUT2D eigenvalue weighted by molar-refractivity contribution is 0.0989. The molecule has 54 valence electrons. The molecule has 1 rings (SSSR count). The molecule has 0 spiro atoms. The van der Waals surface area contributed by atoms with Crippen molar-refractivity contribution in [2.75, 3.05) is 0 Å². The van der Waals surface area contributed by atoms with Crippen LogP contribution in [0.15, 0.2) is 6.20 Å². The second-order valence-corrected chi connectivity index (χ2v) is 3.47. The Labute approximate surface area is 76.4 Å². The van der Waals surface area contributed by atoms with E-state index in [4.69, 9.17) is 0 Å². The minimum absolute atomic E-state index is 0.126. The van der Waals surface area contributed by atoms with E-state index in [1.807, 2.05) is 6.92 Å². The molecular weight excluding hydrogens is 263 g/mol. The van der Waals surface area contributed by atoms with E-state index < -0.39 is 0 Å². The summed E-state index contributed by atoms with van der Waals surface area (Å²) >= 11 is 3.19. The number of thiazole rings is 1. The second-order valence-electron chi connectivity index (χ2n) is 1.70. The number of rotatable bonds is 1. The van der Waals surface area contributed by atoms with Crippen LogP contribution in [0.2, 0.25) is 0 Å². The zero-order valence-corrected chi connectivity index (χ0v) is 8.19. The van der Waals surface area contributed by atoms with Gasteiger partial charge in [0.2, 0.25) is 0 Å². The summed E-state index contributed by atoms with van der Waals surface area (Å²) < 4.78 is 2.47. The number of carbonyl (C=O) groups excluding carboxylic acids is 1. The van der Waals surface area contributed by atoms with Crippen LogP contribution in [0.25, 0.3) is 0 Å². The van der Waals surface area contributed by atoms with E-state index in [1.54, 1.807) is 29.1 Å². The van der Waals surface area contributed by atoms with E-state index in [9.17, 15) is 4.79 Å². The highest BCUT2D eigenvalue weighted by Crippen LogP contribution is 2.10. The summed E-state index contributed by atoms with van der Waals surface area (Å²) in [5.74, 6) is -0.126. The lowest BCUT2D eigenvalue weighted by Gasteiger charge is -1.87. The van der Waals surface area contributed by atoms with Crippen LogP contribution in [0.1, 0.15) is 14.7 Å². The molecule has 0 fully saturated rings. The molecule has 0 aromatic carbocycles. The highest BCUT2D eigenvalue weighted by molar-refractivity contribution is 14.1. The standard InChI is InChI=1S/C5H5IN2OS/c1-3-2-7-5(10-3)4(9)8-6/h2H,1H3,(H,8,9). The minimum atomic E-state index is -0.126. The first-order valence-corrected chi connectivity index (χ1v) is 4.47. The Morgan fingerprint density at radius 1 is 1.90 bits per heavy atom. The van der Waals surface area contributed by atoms with Gasteiger partial charge in [-0.15, -0.1) is 11.3 Å². The molecule has 1 heterocycles. The van der Waals surface area contributed by atoms with Crippen LogP contribution in [0.4, 0.5) is 0 Å². The van der Waals surface area contributed by atoms with Crippen LogP contribution in [-0.4, -0.2) is 10.9 Å². The van der Waals surface area contributed by atoms with Gasteiger partial charge in [0, 0.05) is 11.1 Å². The summed E-state index contributed by atoms with van der Waals surface area (Å²) in [6, 6.07) is 0. The number of carbonyl (C=O) groups is 1. The molecule has 3 nitrogen and oxygen atoms in total. The van der Waals surface area contributed by atoms with Crippen LogP contribution < -0.4 is 3.53 Å². The molecule has 10 heavy (non-hydrogen) atoms. The average Bonchev–Trinajstić information content (AvgIpc) is 2.34. The number of aryl methyl sites for hydroxylation is 1. The van der Waals surface area contributed by atoms with Gasteiger partial charge in [0.05, 0.1) is 22.9 Å². The summed E-state index contributed by atoms with van der Waals surface area (Å²) in [4.78, 5) is 15.8. The number of aromatic nitrogens is 1. The molecule has 0 aliphatic rings. The van der Waals surface area contributed by atoms with Crippen molar-refractivity contribution in [3.63, 3.8) is 0 Å². The van der Waals surface area contributed by atoms with Crippen molar-refractivity contribution in [1.29, 1.82) is 0 Å². The summed E-state index contributed by atoms with van der Waals surface area (Å²) in [6.45, 7) is 1.92. The maximum atomic E-state index is 10.9. The number of halogens is 1. The van der Waals surface area contributed by atoms with Crippen molar-refractivity contribution in [3.8, 4) is 0 Å². The van der Waals surface area contributed by atoms with Crippen LogP contribution >= 0.6 is 34.2 Å². The highest BCUT2D eigenvalue weighted by Gasteiger charge is 2.06. The third kappa shape index (κ3) is 1.66. The van der Waals surface area contributed by atoms with Crippen molar-refractivity contribution in [3.05, 3.63) is 16.1 Å². The Morgan fingerprint density at radius 3 is 3.00 bits per heavy atom. The van der Waals surface area contributed by atoms with Gasteiger partial charge in [-0.25, -0.2) is 4.98 Å². The number of hydrogen-bond acceptors (Lipinski definition) is 3. The Bertz CT molecular complexity index is 248. The zero-order chi connectivity index (χ0) is 7.56. The number of nitrogens with zero attached hydrogens (tertiary/aromatic N) is 1. The third-order valence-corrected chi connectivity index (χ3v) is 2.30. The molecule has 1 aromatic heterocycles. The normalized spacial score (nSPS) is 9.40. The van der Waals surface area contributed by atoms with Crippen molar-refractivity contribution in [1.82, 2.24) is 8.51 Å². The lowest BCUT2D eigenvalue weighted by Crippen LogP contribution is -2.10. The molecule has 0 atom stereocenters. The maximum absolute atomic E-state index is 10.9. The summed E-state index contributed by atoms with van der Waals surface area (Å²) in [5.41, 5.74) is 0. The van der Waals surface area contributed by atoms with Crippen molar-refractivity contribution in [2.45, 2.75) is 6.92 Å². The average molecular weight is 268 g/mol. The Hall–Kier alpha value is -0.170. The van der Waals surface area contributed by atoms with Crippen molar-refractivity contribution < 1.29 is 4.79 Å². The largest absolute Gasteiger partial charge is 0.293 e. The smallest absolute Gasteiger partial charge is 0.288 e. The van der Waals surface area contributed by atoms with Gasteiger partial charge in [-0.1, -0.05) is 0 Å². The van der Waals surface area contributed by atoms with Gasteiger partial charge in [-0.05, 0) is 6.92 Å². The van der Waals surface area contributed by atoms with Crippen molar-refractivity contribution >= 4 is 40.1 Å². The van der Waals surface area contributed by atoms with Gasteiger partial charge in [0.15, 0.2) is 5.01 Å². The lowest BCUT2D eigenvalue weighted by atomic mass is 10.6. The molecule has 0 aliphatic heterocycles. The molecule has 0 aliphatic carbocycles. The van der Waals surface area contributed by atoms with Gasteiger partial charge in [0.1, 0.15) is 0 Å². The minimum Gasteiger partial charge on any atom is -0.293 e. The predicted molar refractivity (Wildman–Crippen MR) is 48.3 cm³/mol. The van der Waals surface area contributed by atoms with E-state index in [-0.39, 0.29) is 5.91 Å². The van der Waals surface area contributed by atoms with E-state index >= 15 is 0 Å². The quantitative estimate of drug-likeness (QED) is 0.620. The highest BCUT2D eigenvalue weighted by atomic mass is 127. The van der Waals surface area contributed by atoms with Crippen molar-refractivity contribution in [2.24, 2.45) is 0 Å². The predicted octanol–water partition coefficient (Wildman–Crippen LogP) is 1.53. The number of hydrogen-bond donors (Lipinski definition) is 1. The van der Waals surface area contributed by atoms with Crippen LogP contribution in [0.5, 0.6) is 0 Å². The van der Waals surface area contributed by atoms with Gasteiger partial charge in [-0.3, -0.25) is 8.32 Å². The first-order valence-electron chi connectivity index (χ1n) is 2.57. The Kier molecular flexibility index (Phi) is 2.61. The number of amides is 1. The Morgan fingerprint density at radius 2 is 2.60 bits per heavy atom.